The normalized spacial score (nSPS) is 11.7. The summed E-state index contributed by atoms with van der Waals surface area (Å²) in [6.45, 7) is 4.51. The molecule has 2 rings (SSSR count). The molecule has 0 aliphatic carbocycles. The van der Waals surface area contributed by atoms with Gasteiger partial charge in [-0.2, -0.15) is 0 Å². The van der Waals surface area contributed by atoms with E-state index < -0.39 is 15.6 Å². The molecule has 27 heavy (non-hydrogen) atoms. The lowest BCUT2D eigenvalue weighted by molar-refractivity contribution is 0.0942. The Kier molecular flexibility index (Phi) is 8.90. The van der Waals surface area contributed by atoms with Gasteiger partial charge in [0.15, 0.2) is 0 Å². The zero-order valence-electron chi connectivity index (χ0n) is 15.4. The second-order valence-corrected chi connectivity index (χ2v) is 8.98. The molecule has 0 aliphatic rings. The summed E-state index contributed by atoms with van der Waals surface area (Å²) in [6, 6.07) is 9.72. The minimum atomic E-state index is -3.69. The van der Waals surface area contributed by atoms with Crippen LogP contribution in [0.15, 0.2) is 46.7 Å². The SMILES string of the molecule is CCC(N)(CC)CNC(=O)c1cccc(S(=O)(=O)NCc2cccs2)c1.Cl. The van der Waals surface area contributed by atoms with Crippen LogP contribution in [0.3, 0.4) is 0 Å². The lowest BCUT2D eigenvalue weighted by Crippen LogP contribution is -2.49. The van der Waals surface area contributed by atoms with Crippen LogP contribution in [-0.2, 0) is 16.6 Å². The summed E-state index contributed by atoms with van der Waals surface area (Å²) < 4.78 is 27.5. The van der Waals surface area contributed by atoms with Crippen molar-refractivity contribution in [2.45, 2.75) is 43.7 Å². The van der Waals surface area contributed by atoms with E-state index >= 15 is 0 Å². The summed E-state index contributed by atoms with van der Waals surface area (Å²) in [5, 5.41) is 4.68. The molecule has 1 aromatic heterocycles. The smallest absolute Gasteiger partial charge is 0.251 e. The van der Waals surface area contributed by atoms with Gasteiger partial charge in [0.05, 0.1) is 4.90 Å². The second kappa shape index (κ2) is 10.2. The minimum absolute atomic E-state index is 0. The molecule has 1 aromatic carbocycles. The van der Waals surface area contributed by atoms with E-state index in [9.17, 15) is 13.2 Å². The van der Waals surface area contributed by atoms with Crippen molar-refractivity contribution in [1.82, 2.24) is 10.0 Å². The fourth-order valence-electron chi connectivity index (χ4n) is 2.33. The molecule has 0 fully saturated rings. The molecule has 4 N–H and O–H groups in total. The number of hydrogen-bond donors (Lipinski definition) is 3. The highest BCUT2D eigenvalue weighted by Gasteiger charge is 2.22. The van der Waals surface area contributed by atoms with E-state index in [1.807, 2.05) is 31.4 Å². The van der Waals surface area contributed by atoms with E-state index in [1.54, 1.807) is 12.1 Å². The molecule has 9 heteroatoms. The fourth-order valence-corrected chi connectivity index (χ4v) is 4.11. The molecule has 0 saturated carbocycles. The molecule has 6 nitrogen and oxygen atoms in total. The zero-order chi connectivity index (χ0) is 19.2. The van der Waals surface area contributed by atoms with Gasteiger partial charge < -0.3 is 11.1 Å². The van der Waals surface area contributed by atoms with Crippen molar-refractivity contribution < 1.29 is 13.2 Å². The van der Waals surface area contributed by atoms with Crippen LogP contribution in [0.2, 0.25) is 0 Å². The molecule has 2 aromatic rings. The Balaban J connectivity index is 0.00000364. The molecule has 150 valence electrons. The number of benzene rings is 1. The summed E-state index contributed by atoms with van der Waals surface area (Å²) in [7, 11) is -3.69. The number of nitrogens with two attached hydrogens (primary N) is 1. The van der Waals surface area contributed by atoms with Crippen LogP contribution in [0, 0.1) is 0 Å². The fraction of sp³-hybridized carbons (Fsp3) is 0.389. The van der Waals surface area contributed by atoms with Gasteiger partial charge in [-0.15, -0.1) is 23.7 Å². The molecule has 0 saturated heterocycles. The van der Waals surface area contributed by atoms with Crippen LogP contribution in [0.25, 0.3) is 0 Å². The number of thiophene rings is 1. The van der Waals surface area contributed by atoms with Gasteiger partial charge in [-0.05, 0) is 42.5 Å². The van der Waals surface area contributed by atoms with Gasteiger partial charge in [0, 0.05) is 29.1 Å². The third-order valence-corrected chi connectivity index (χ3v) is 6.71. The molecule has 0 unspecified atom stereocenters. The topological polar surface area (TPSA) is 101 Å². The van der Waals surface area contributed by atoms with Crippen molar-refractivity contribution in [1.29, 1.82) is 0 Å². The standard InChI is InChI=1S/C18H25N3O3S2.ClH/c1-3-18(19,4-2)13-20-17(22)14-7-5-9-16(11-14)26(23,24)21-12-15-8-6-10-25-15;/h5-11,21H,3-4,12-13,19H2,1-2H3,(H,20,22);1H. The van der Waals surface area contributed by atoms with Crippen molar-refractivity contribution in [2.24, 2.45) is 5.73 Å². The van der Waals surface area contributed by atoms with Gasteiger partial charge in [0.1, 0.15) is 0 Å². The number of carbonyl (C=O) groups excluding carboxylic acids is 1. The van der Waals surface area contributed by atoms with Crippen molar-refractivity contribution in [3.63, 3.8) is 0 Å². The van der Waals surface area contributed by atoms with Crippen LogP contribution >= 0.6 is 23.7 Å². The lowest BCUT2D eigenvalue weighted by atomic mass is 9.94. The Hall–Kier alpha value is -1.45. The van der Waals surface area contributed by atoms with Crippen molar-refractivity contribution in [2.75, 3.05) is 6.54 Å². The summed E-state index contributed by atoms with van der Waals surface area (Å²) >= 11 is 1.48. The molecule has 1 heterocycles. The Morgan fingerprint density at radius 1 is 1.19 bits per heavy atom. The van der Waals surface area contributed by atoms with Crippen molar-refractivity contribution in [3.8, 4) is 0 Å². The number of amides is 1. The predicted molar refractivity (Wildman–Crippen MR) is 112 cm³/mol. The number of rotatable bonds is 9. The predicted octanol–water partition coefficient (Wildman–Crippen LogP) is 2.90. The highest BCUT2D eigenvalue weighted by molar-refractivity contribution is 7.89. The Morgan fingerprint density at radius 2 is 1.89 bits per heavy atom. The molecule has 0 aliphatic heterocycles. The van der Waals surface area contributed by atoms with E-state index in [0.717, 1.165) is 17.7 Å². The van der Waals surface area contributed by atoms with E-state index in [4.69, 9.17) is 5.73 Å². The zero-order valence-corrected chi connectivity index (χ0v) is 17.8. The van der Waals surface area contributed by atoms with Crippen LogP contribution in [-0.4, -0.2) is 26.4 Å². The van der Waals surface area contributed by atoms with Crippen LogP contribution in [0.1, 0.15) is 41.9 Å². The first-order chi connectivity index (χ1) is 12.3. The Labute approximate surface area is 171 Å². The minimum Gasteiger partial charge on any atom is -0.350 e. The average molecular weight is 432 g/mol. The van der Waals surface area contributed by atoms with Crippen LogP contribution in [0.4, 0.5) is 0 Å². The third-order valence-electron chi connectivity index (χ3n) is 4.43. The van der Waals surface area contributed by atoms with E-state index in [-0.39, 0.29) is 29.8 Å². The molecule has 0 bridgehead atoms. The number of halogens is 1. The first kappa shape index (κ1) is 23.6. The van der Waals surface area contributed by atoms with Crippen molar-refractivity contribution in [3.05, 3.63) is 52.2 Å². The summed E-state index contributed by atoms with van der Waals surface area (Å²) in [4.78, 5) is 13.3. The maximum absolute atomic E-state index is 12.5. The summed E-state index contributed by atoms with van der Waals surface area (Å²) in [5.74, 6) is -0.336. The van der Waals surface area contributed by atoms with E-state index in [0.29, 0.717) is 12.1 Å². The summed E-state index contributed by atoms with van der Waals surface area (Å²) in [5.41, 5.74) is 6.02. The maximum Gasteiger partial charge on any atom is 0.251 e. The molecular weight excluding hydrogens is 406 g/mol. The Morgan fingerprint density at radius 3 is 2.48 bits per heavy atom. The lowest BCUT2D eigenvalue weighted by Gasteiger charge is -2.26. The molecule has 0 radical (unpaired) electrons. The van der Waals surface area contributed by atoms with Gasteiger partial charge in [0.25, 0.3) is 5.91 Å². The third kappa shape index (κ3) is 6.58. The second-order valence-electron chi connectivity index (χ2n) is 6.18. The number of carbonyl (C=O) groups is 1. The highest BCUT2D eigenvalue weighted by Crippen LogP contribution is 2.15. The summed E-state index contributed by atoms with van der Waals surface area (Å²) in [6.07, 6.45) is 1.48. The van der Waals surface area contributed by atoms with Crippen LogP contribution < -0.4 is 15.8 Å². The van der Waals surface area contributed by atoms with Gasteiger partial charge >= 0.3 is 0 Å². The number of hydrogen-bond acceptors (Lipinski definition) is 5. The maximum atomic E-state index is 12.5. The largest absolute Gasteiger partial charge is 0.350 e. The monoisotopic (exact) mass is 431 g/mol. The number of sulfonamides is 1. The average Bonchev–Trinajstić information content (AvgIpc) is 3.18. The van der Waals surface area contributed by atoms with Gasteiger partial charge in [0.2, 0.25) is 10.0 Å². The highest BCUT2D eigenvalue weighted by atomic mass is 35.5. The van der Waals surface area contributed by atoms with Gasteiger partial charge in [-0.3, -0.25) is 4.79 Å². The first-order valence-corrected chi connectivity index (χ1v) is 10.8. The molecule has 0 spiro atoms. The molecule has 1 amide bonds. The van der Waals surface area contributed by atoms with E-state index in [2.05, 4.69) is 10.0 Å². The number of nitrogens with one attached hydrogen (secondary N) is 2. The van der Waals surface area contributed by atoms with Crippen molar-refractivity contribution >= 4 is 39.7 Å². The van der Waals surface area contributed by atoms with Gasteiger partial charge in [-0.1, -0.05) is 26.0 Å². The molecular formula is C18H26ClN3O3S2. The molecule has 0 atom stereocenters. The van der Waals surface area contributed by atoms with E-state index in [1.165, 1.54) is 23.5 Å². The van der Waals surface area contributed by atoms with Crippen LogP contribution in [0.5, 0.6) is 0 Å². The first-order valence-electron chi connectivity index (χ1n) is 8.49. The van der Waals surface area contributed by atoms with Gasteiger partial charge in [-0.25, -0.2) is 13.1 Å². The Bertz CT molecular complexity index is 835. The quantitative estimate of drug-likeness (QED) is 0.568.